The second kappa shape index (κ2) is 5.25. The largest absolute Gasteiger partial charge is 0.334 e. The third kappa shape index (κ3) is 2.32. The molecule has 0 aliphatic heterocycles. The minimum atomic E-state index is 0.0141. The van der Waals surface area contributed by atoms with Crippen LogP contribution in [0, 0.1) is 0 Å². The molecule has 0 radical (unpaired) electrons. The molecule has 0 saturated heterocycles. The molecule has 1 saturated carbocycles. The van der Waals surface area contributed by atoms with Crippen LogP contribution in [0.4, 0.5) is 0 Å². The molecule has 0 atom stereocenters. The number of rotatable bonds is 4. The maximum Gasteiger partial charge on any atom is 0.255 e. The van der Waals surface area contributed by atoms with Crippen LogP contribution in [0.25, 0.3) is 0 Å². The van der Waals surface area contributed by atoms with Crippen molar-refractivity contribution in [1.29, 1.82) is 0 Å². The maximum atomic E-state index is 12.2. The topological polar surface area (TPSA) is 46.1 Å². The number of carbonyl (C=O) groups excluding carboxylic acids is 1. The second-order valence-corrected chi connectivity index (χ2v) is 4.28. The summed E-state index contributed by atoms with van der Waals surface area (Å²) in [6.45, 7) is 0.605. The lowest BCUT2D eigenvalue weighted by Gasteiger charge is -2.37. The van der Waals surface area contributed by atoms with Gasteiger partial charge in [-0.1, -0.05) is 0 Å². The Kier molecular flexibility index (Phi) is 3.72. The molecular weight excluding hydrogens is 226 g/mol. The van der Waals surface area contributed by atoms with Crippen LogP contribution in [0.2, 0.25) is 0 Å². The van der Waals surface area contributed by atoms with Crippen molar-refractivity contribution >= 4 is 17.5 Å². The van der Waals surface area contributed by atoms with E-state index < -0.39 is 0 Å². The molecule has 0 unspecified atom stereocenters. The van der Waals surface area contributed by atoms with Gasteiger partial charge in [0.2, 0.25) is 0 Å². The Hall–Kier alpha value is -1.16. The Morgan fingerprint density at radius 2 is 2.31 bits per heavy atom. The van der Waals surface area contributed by atoms with Gasteiger partial charge >= 0.3 is 0 Å². The Bertz CT molecular complexity index is 354. The zero-order valence-electron chi connectivity index (χ0n) is 8.97. The summed E-state index contributed by atoms with van der Waals surface area (Å²) in [5, 5.41) is 7.39. The molecule has 0 spiro atoms. The molecule has 4 nitrogen and oxygen atoms in total. The molecule has 5 heteroatoms. The van der Waals surface area contributed by atoms with Crippen LogP contribution in [0.15, 0.2) is 18.5 Å². The van der Waals surface area contributed by atoms with Crippen LogP contribution in [0.5, 0.6) is 0 Å². The van der Waals surface area contributed by atoms with Gasteiger partial charge in [0.1, 0.15) is 0 Å². The Labute approximate surface area is 99.6 Å². The fourth-order valence-corrected chi connectivity index (χ4v) is 2.00. The van der Waals surface area contributed by atoms with E-state index in [-0.39, 0.29) is 5.91 Å². The number of hydrogen-bond donors (Lipinski definition) is 0. The van der Waals surface area contributed by atoms with E-state index in [4.69, 9.17) is 11.6 Å². The van der Waals surface area contributed by atoms with E-state index in [1.165, 1.54) is 18.8 Å². The normalized spacial score (nSPS) is 15.6. The molecule has 1 aliphatic carbocycles. The van der Waals surface area contributed by atoms with Gasteiger partial charge in [0.25, 0.3) is 5.91 Å². The van der Waals surface area contributed by atoms with Gasteiger partial charge in [-0.25, -0.2) is 0 Å². The quantitative estimate of drug-likeness (QED) is 0.752. The number of carbonyl (C=O) groups is 1. The van der Waals surface area contributed by atoms with Gasteiger partial charge in [0, 0.05) is 18.5 Å². The van der Waals surface area contributed by atoms with Crippen LogP contribution in [0.3, 0.4) is 0 Å². The first-order valence-electron chi connectivity index (χ1n) is 5.46. The smallest absolute Gasteiger partial charge is 0.255 e. The summed E-state index contributed by atoms with van der Waals surface area (Å²) in [5.41, 5.74) is 0.590. The first kappa shape index (κ1) is 11.3. The number of halogens is 1. The summed E-state index contributed by atoms with van der Waals surface area (Å²) in [6.07, 6.45) is 6.41. The molecule has 1 aromatic heterocycles. The number of aromatic nitrogens is 2. The fraction of sp³-hybridized carbons (Fsp3) is 0.545. The highest BCUT2D eigenvalue weighted by molar-refractivity contribution is 6.18. The standard InChI is InChI=1S/C11H14ClN3O/c12-5-7-15(10-2-1-3-10)11(16)9-4-6-13-14-8-9/h4,6,8,10H,1-3,5,7H2. The molecule has 1 amide bonds. The predicted molar refractivity (Wildman–Crippen MR) is 61.4 cm³/mol. The summed E-state index contributed by atoms with van der Waals surface area (Å²) in [4.78, 5) is 14.0. The average Bonchev–Trinajstić information content (AvgIpc) is 2.26. The molecule has 0 aromatic carbocycles. The second-order valence-electron chi connectivity index (χ2n) is 3.90. The van der Waals surface area contributed by atoms with E-state index in [9.17, 15) is 4.79 Å². The number of hydrogen-bond acceptors (Lipinski definition) is 3. The van der Waals surface area contributed by atoms with Gasteiger partial charge in [-0.15, -0.1) is 11.6 Å². The average molecular weight is 240 g/mol. The van der Waals surface area contributed by atoms with Crippen LogP contribution < -0.4 is 0 Å². The lowest BCUT2D eigenvalue weighted by Crippen LogP contribution is -2.45. The SMILES string of the molecule is O=C(c1ccnnc1)N(CCCl)C1CCC1. The summed E-state index contributed by atoms with van der Waals surface area (Å²) >= 11 is 5.73. The zero-order chi connectivity index (χ0) is 11.4. The van der Waals surface area contributed by atoms with Crippen LogP contribution in [-0.4, -0.2) is 39.5 Å². The van der Waals surface area contributed by atoms with Crippen LogP contribution in [-0.2, 0) is 0 Å². The number of alkyl halides is 1. The van der Waals surface area contributed by atoms with E-state index in [1.807, 2.05) is 4.90 Å². The van der Waals surface area contributed by atoms with Crippen molar-refractivity contribution < 1.29 is 4.79 Å². The molecular formula is C11H14ClN3O. The summed E-state index contributed by atoms with van der Waals surface area (Å²) in [5.74, 6) is 0.487. The summed E-state index contributed by atoms with van der Waals surface area (Å²) in [6, 6.07) is 2.05. The molecule has 1 aromatic rings. The van der Waals surface area contributed by atoms with Crippen molar-refractivity contribution in [2.45, 2.75) is 25.3 Å². The summed E-state index contributed by atoms with van der Waals surface area (Å²) < 4.78 is 0. The predicted octanol–water partition coefficient (Wildman–Crippen LogP) is 1.71. The third-order valence-corrected chi connectivity index (χ3v) is 3.10. The molecule has 1 aliphatic rings. The summed E-state index contributed by atoms with van der Waals surface area (Å²) in [7, 11) is 0. The van der Waals surface area contributed by atoms with Gasteiger partial charge in [-0.2, -0.15) is 10.2 Å². The molecule has 86 valence electrons. The highest BCUT2D eigenvalue weighted by Gasteiger charge is 2.28. The van der Waals surface area contributed by atoms with E-state index in [1.54, 1.807) is 6.07 Å². The third-order valence-electron chi connectivity index (χ3n) is 2.93. The van der Waals surface area contributed by atoms with Gasteiger partial charge in [-0.05, 0) is 25.3 Å². The Morgan fingerprint density at radius 3 is 2.81 bits per heavy atom. The number of nitrogens with zero attached hydrogens (tertiary/aromatic N) is 3. The lowest BCUT2D eigenvalue weighted by atomic mass is 9.91. The number of amides is 1. The maximum absolute atomic E-state index is 12.2. The van der Waals surface area contributed by atoms with Crippen molar-refractivity contribution in [2.75, 3.05) is 12.4 Å². The van der Waals surface area contributed by atoms with Crippen LogP contribution >= 0.6 is 11.6 Å². The molecule has 1 fully saturated rings. The lowest BCUT2D eigenvalue weighted by molar-refractivity contribution is 0.0597. The first-order chi connectivity index (χ1) is 7.83. The monoisotopic (exact) mass is 239 g/mol. The fourth-order valence-electron chi connectivity index (χ4n) is 1.82. The molecule has 2 rings (SSSR count). The Morgan fingerprint density at radius 1 is 1.50 bits per heavy atom. The van der Waals surface area contributed by atoms with E-state index in [0.717, 1.165) is 12.8 Å². The van der Waals surface area contributed by atoms with Crippen molar-refractivity contribution in [2.24, 2.45) is 0 Å². The van der Waals surface area contributed by atoms with Crippen LogP contribution in [0.1, 0.15) is 29.6 Å². The molecule has 16 heavy (non-hydrogen) atoms. The van der Waals surface area contributed by atoms with Crippen molar-refractivity contribution in [3.8, 4) is 0 Å². The highest BCUT2D eigenvalue weighted by Crippen LogP contribution is 2.25. The molecule has 0 bridgehead atoms. The van der Waals surface area contributed by atoms with Crippen molar-refractivity contribution in [1.82, 2.24) is 15.1 Å². The first-order valence-corrected chi connectivity index (χ1v) is 6.00. The van der Waals surface area contributed by atoms with Gasteiger partial charge in [-0.3, -0.25) is 4.79 Å². The van der Waals surface area contributed by atoms with Crippen molar-refractivity contribution in [3.63, 3.8) is 0 Å². The highest BCUT2D eigenvalue weighted by atomic mass is 35.5. The Balaban J connectivity index is 2.10. The zero-order valence-corrected chi connectivity index (χ0v) is 9.73. The molecule has 0 N–H and O–H groups in total. The van der Waals surface area contributed by atoms with Crippen molar-refractivity contribution in [3.05, 3.63) is 24.0 Å². The minimum absolute atomic E-state index is 0.0141. The van der Waals surface area contributed by atoms with E-state index in [0.29, 0.717) is 24.0 Å². The molecule has 1 heterocycles. The van der Waals surface area contributed by atoms with Gasteiger partial charge in [0.05, 0.1) is 18.0 Å². The van der Waals surface area contributed by atoms with E-state index >= 15 is 0 Å². The van der Waals surface area contributed by atoms with E-state index in [2.05, 4.69) is 10.2 Å². The van der Waals surface area contributed by atoms with Gasteiger partial charge in [0.15, 0.2) is 0 Å². The van der Waals surface area contributed by atoms with Gasteiger partial charge < -0.3 is 4.90 Å². The minimum Gasteiger partial charge on any atom is -0.334 e.